The third-order valence-corrected chi connectivity index (χ3v) is 1.69. The molecule has 0 amide bonds. The SMILES string of the molecule is O=CC/C=C\Cc1ccc(O)cc1. The highest BCUT2D eigenvalue weighted by Crippen LogP contribution is 2.10. The first-order chi connectivity index (χ1) is 6.33. The summed E-state index contributed by atoms with van der Waals surface area (Å²) in [5.74, 6) is 0.278. The lowest BCUT2D eigenvalue weighted by molar-refractivity contribution is -0.107. The maximum Gasteiger partial charge on any atom is 0.123 e. The van der Waals surface area contributed by atoms with Crippen LogP contribution in [0.15, 0.2) is 36.4 Å². The van der Waals surface area contributed by atoms with Gasteiger partial charge in [0.05, 0.1) is 0 Å². The summed E-state index contributed by atoms with van der Waals surface area (Å²) in [5, 5.41) is 9.00. The minimum absolute atomic E-state index is 0.278. The minimum Gasteiger partial charge on any atom is -0.508 e. The Hall–Kier alpha value is -1.57. The highest BCUT2D eigenvalue weighted by Gasteiger charge is 1.89. The Labute approximate surface area is 77.5 Å². The molecule has 0 aliphatic carbocycles. The number of phenolic OH excluding ortho intramolecular Hbond substituents is 1. The van der Waals surface area contributed by atoms with E-state index in [9.17, 15) is 4.79 Å². The van der Waals surface area contributed by atoms with E-state index in [2.05, 4.69) is 0 Å². The van der Waals surface area contributed by atoms with Gasteiger partial charge in [0.15, 0.2) is 0 Å². The van der Waals surface area contributed by atoms with Crippen LogP contribution in [0, 0.1) is 0 Å². The molecule has 2 nitrogen and oxygen atoms in total. The second kappa shape index (κ2) is 5.14. The van der Waals surface area contributed by atoms with Crippen molar-refractivity contribution < 1.29 is 9.90 Å². The average Bonchev–Trinajstić information content (AvgIpc) is 2.15. The molecule has 0 fully saturated rings. The van der Waals surface area contributed by atoms with Crippen molar-refractivity contribution in [2.75, 3.05) is 0 Å². The van der Waals surface area contributed by atoms with Crippen molar-refractivity contribution in [3.63, 3.8) is 0 Å². The Morgan fingerprint density at radius 2 is 1.85 bits per heavy atom. The van der Waals surface area contributed by atoms with Gasteiger partial charge in [0.25, 0.3) is 0 Å². The summed E-state index contributed by atoms with van der Waals surface area (Å²) in [5.41, 5.74) is 1.12. The molecule has 1 N–H and O–H groups in total. The average molecular weight is 176 g/mol. The van der Waals surface area contributed by atoms with Crippen LogP contribution in [-0.2, 0) is 11.2 Å². The fourth-order valence-corrected chi connectivity index (χ4v) is 1.00. The van der Waals surface area contributed by atoms with E-state index in [-0.39, 0.29) is 5.75 Å². The Morgan fingerprint density at radius 3 is 2.46 bits per heavy atom. The number of aromatic hydroxyl groups is 1. The molecular formula is C11H12O2. The maximum atomic E-state index is 9.98. The molecule has 0 heterocycles. The summed E-state index contributed by atoms with van der Waals surface area (Å²) in [6, 6.07) is 7.03. The normalized spacial score (nSPS) is 10.5. The first-order valence-electron chi connectivity index (χ1n) is 4.19. The van der Waals surface area contributed by atoms with Gasteiger partial charge in [-0.05, 0) is 24.1 Å². The van der Waals surface area contributed by atoms with E-state index in [1.165, 1.54) is 0 Å². The lowest BCUT2D eigenvalue weighted by atomic mass is 10.1. The van der Waals surface area contributed by atoms with Crippen LogP contribution >= 0.6 is 0 Å². The number of allylic oxidation sites excluding steroid dienone is 2. The third-order valence-electron chi connectivity index (χ3n) is 1.69. The Kier molecular flexibility index (Phi) is 3.76. The van der Waals surface area contributed by atoms with Crippen LogP contribution in [0.2, 0.25) is 0 Å². The fraction of sp³-hybridized carbons (Fsp3) is 0.182. The minimum atomic E-state index is 0.278. The molecule has 1 aromatic carbocycles. The highest BCUT2D eigenvalue weighted by molar-refractivity contribution is 5.51. The first kappa shape index (κ1) is 9.52. The molecule has 0 saturated carbocycles. The van der Waals surface area contributed by atoms with E-state index in [1.54, 1.807) is 12.1 Å². The standard InChI is InChI=1S/C11H12O2/c12-9-3-1-2-4-10-5-7-11(13)8-6-10/h1-2,5-9,13H,3-4H2/b2-1-. The van der Waals surface area contributed by atoms with E-state index in [0.29, 0.717) is 6.42 Å². The van der Waals surface area contributed by atoms with Crippen LogP contribution in [0.3, 0.4) is 0 Å². The smallest absolute Gasteiger partial charge is 0.123 e. The number of phenols is 1. The van der Waals surface area contributed by atoms with Gasteiger partial charge in [-0.2, -0.15) is 0 Å². The summed E-state index contributed by atoms with van der Waals surface area (Å²) in [4.78, 5) is 9.98. The van der Waals surface area contributed by atoms with Crippen molar-refractivity contribution >= 4 is 6.29 Å². The van der Waals surface area contributed by atoms with Crippen LogP contribution in [-0.4, -0.2) is 11.4 Å². The molecule has 0 bridgehead atoms. The van der Waals surface area contributed by atoms with Gasteiger partial charge < -0.3 is 9.90 Å². The van der Waals surface area contributed by atoms with Crippen LogP contribution in [0.1, 0.15) is 12.0 Å². The zero-order valence-corrected chi connectivity index (χ0v) is 7.31. The van der Waals surface area contributed by atoms with Gasteiger partial charge in [0.2, 0.25) is 0 Å². The lowest BCUT2D eigenvalue weighted by Crippen LogP contribution is -1.79. The zero-order valence-electron chi connectivity index (χ0n) is 7.31. The fourth-order valence-electron chi connectivity index (χ4n) is 1.00. The molecule has 0 radical (unpaired) electrons. The van der Waals surface area contributed by atoms with Crippen molar-refractivity contribution in [1.29, 1.82) is 0 Å². The molecule has 2 heteroatoms. The number of carbonyl (C=O) groups excluding carboxylic acids is 1. The number of aldehydes is 1. The highest BCUT2D eigenvalue weighted by atomic mass is 16.3. The molecule has 13 heavy (non-hydrogen) atoms. The molecule has 68 valence electrons. The summed E-state index contributed by atoms with van der Waals surface area (Å²) in [6.07, 6.45) is 5.92. The predicted octanol–water partition coefficient (Wildman–Crippen LogP) is 2.08. The molecule has 0 saturated heterocycles. The van der Waals surface area contributed by atoms with Gasteiger partial charge >= 0.3 is 0 Å². The molecule has 1 rings (SSSR count). The molecule has 0 aliphatic rings. The molecule has 0 aliphatic heterocycles. The number of rotatable bonds is 4. The van der Waals surface area contributed by atoms with Crippen LogP contribution in [0.5, 0.6) is 5.75 Å². The van der Waals surface area contributed by atoms with Gasteiger partial charge in [-0.25, -0.2) is 0 Å². The molecule has 0 unspecified atom stereocenters. The third kappa shape index (κ3) is 3.56. The summed E-state index contributed by atoms with van der Waals surface area (Å²) in [6.45, 7) is 0. The lowest BCUT2D eigenvalue weighted by Gasteiger charge is -1.95. The largest absolute Gasteiger partial charge is 0.508 e. The molecular weight excluding hydrogens is 164 g/mol. The van der Waals surface area contributed by atoms with Crippen molar-refractivity contribution in [2.45, 2.75) is 12.8 Å². The molecule has 0 spiro atoms. The Balaban J connectivity index is 2.45. The summed E-state index contributed by atoms with van der Waals surface area (Å²) >= 11 is 0. The topological polar surface area (TPSA) is 37.3 Å². The summed E-state index contributed by atoms with van der Waals surface area (Å²) in [7, 11) is 0. The zero-order chi connectivity index (χ0) is 9.52. The van der Waals surface area contributed by atoms with Gasteiger partial charge in [-0.3, -0.25) is 0 Å². The van der Waals surface area contributed by atoms with Crippen molar-refractivity contribution in [2.24, 2.45) is 0 Å². The van der Waals surface area contributed by atoms with E-state index in [4.69, 9.17) is 5.11 Å². The van der Waals surface area contributed by atoms with E-state index in [1.807, 2.05) is 24.3 Å². The van der Waals surface area contributed by atoms with Crippen molar-refractivity contribution in [3.8, 4) is 5.75 Å². The van der Waals surface area contributed by atoms with Crippen LogP contribution in [0.25, 0.3) is 0 Å². The van der Waals surface area contributed by atoms with Crippen molar-refractivity contribution in [3.05, 3.63) is 42.0 Å². The Bertz CT molecular complexity index is 285. The number of carbonyl (C=O) groups is 1. The summed E-state index contributed by atoms with van der Waals surface area (Å²) < 4.78 is 0. The number of benzene rings is 1. The second-order valence-corrected chi connectivity index (χ2v) is 2.74. The van der Waals surface area contributed by atoms with Gasteiger partial charge in [-0.1, -0.05) is 24.3 Å². The number of hydrogen-bond donors (Lipinski definition) is 1. The number of hydrogen-bond acceptors (Lipinski definition) is 2. The van der Waals surface area contributed by atoms with Gasteiger partial charge in [0, 0.05) is 6.42 Å². The van der Waals surface area contributed by atoms with E-state index < -0.39 is 0 Å². The molecule has 0 aromatic heterocycles. The van der Waals surface area contributed by atoms with Gasteiger partial charge in [0.1, 0.15) is 12.0 Å². The van der Waals surface area contributed by atoms with E-state index >= 15 is 0 Å². The molecule has 0 atom stereocenters. The van der Waals surface area contributed by atoms with Crippen molar-refractivity contribution in [1.82, 2.24) is 0 Å². The van der Waals surface area contributed by atoms with Gasteiger partial charge in [-0.15, -0.1) is 0 Å². The van der Waals surface area contributed by atoms with Crippen LogP contribution in [0.4, 0.5) is 0 Å². The monoisotopic (exact) mass is 176 g/mol. The van der Waals surface area contributed by atoms with Crippen LogP contribution < -0.4 is 0 Å². The Morgan fingerprint density at radius 1 is 1.15 bits per heavy atom. The quantitative estimate of drug-likeness (QED) is 0.563. The maximum absolute atomic E-state index is 9.98. The predicted molar refractivity (Wildman–Crippen MR) is 51.6 cm³/mol. The second-order valence-electron chi connectivity index (χ2n) is 2.74. The first-order valence-corrected chi connectivity index (χ1v) is 4.19. The van der Waals surface area contributed by atoms with E-state index in [0.717, 1.165) is 18.3 Å². The molecule has 1 aromatic rings.